The molecule has 1 amide bonds. The molecule has 0 aliphatic rings. The summed E-state index contributed by atoms with van der Waals surface area (Å²) in [5.74, 6) is -0.776. The maximum absolute atomic E-state index is 11.9. The topological polar surface area (TPSA) is 81.4 Å². The molecule has 6 nitrogen and oxygen atoms in total. The molecule has 1 atom stereocenters. The van der Waals surface area contributed by atoms with Gasteiger partial charge in [0.15, 0.2) is 12.2 Å². The minimum Gasteiger partial charge on any atom is -0.452 e. The van der Waals surface area contributed by atoms with Gasteiger partial charge in [-0.05, 0) is 36.8 Å². The van der Waals surface area contributed by atoms with Crippen LogP contribution >= 0.6 is 11.6 Å². The van der Waals surface area contributed by atoms with Crippen LogP contribution in [0.1, 0.15) is 24.4 Å². The number of para-hydroxylation sites is 2. The summed E-state index contributed by atoms with van der Waals surface area (Å²) in [6, 6.07) is 14.2. The summed E-state index contributed by atoms with van der Waals surface area (Å²) in [5.41, 5.74) is 2.22. The highest BCUT2D eigenvalue weighted by Gasteiger charge is 2.11. The summed E-state index contributed by atoms with van der Waals surface area (Å²) in [7, 11) is 0. The largest absolute Gasteiger partial charge is 0.452 e. The predicted molar refractivity (Wildman–Crippen MR) is 102 cm³/mol. The molecule has 2 aromatic carbocycles. The first-order valence-electron chi connectivity index (χ1n) is 8.26. The molecule has 0 aliphatic carbocycles. The van der Waals surface area contributed by atoms with Crippen molar-refractivity contribution in [2.24, 2.45) is 0 Å². The molecule has 0 unspecified atom stereocenters. The molecule has 0 bridgehead atoms. The van der Waals surface area contributed by atoms with E-state index in [9.17, 15) is 9.59 Å². The lowest BCUT2D eigenvalue weighted by Crippen LogP contribution is -2.30. The van der Waals surface area contributed by atoms with Gasteiger partial charge in [0.25, 0.3) is 5.91 Å². The van der Waals surface area contributed by atoms with E-state index in [1.54, 1.807) is 24.3 Å². The number of oxazole rings is 1. The molecule has 0 radical (unpaired) electrons. The van der Waals surface area contributed by atoms with E-state index in [4.69, 9.17) is 20.8 Å². The number of hydrogen-bond donors (Lipinski definition) is 1. The molecule has 138 valence electrons. The molecule has 1 aromatic heterocycles. The zero-order valence-electron chi connectivity index (χ0n) is 14.5. The van der Waals surface area contributed by atoms with Crippen molar-refractivity contribution in [3.63, 3.8) is 0 Å². The molecule has 0 spiro atoms. The van der Waals surface area contributed by atoms with E-state index >= 15 is 0 Å². The third-order valence-corrected chi connectivity index (χ3v) is 4.02. The maximum atomic E-state index is 11.9. The summed E-state index contributed by atoms with van der Waals surface area (Å²) in [5, 5.41) is 3.37. The summed E-state index contributed by atoms with van der Waals surface area (Å²) in [6.07, 6.45) is 2.57. The Labute approximate surface area is 160 Å². The minimum atomic E-state index is -0.661. The summed E-state index contributed by atoms with van der Waals surface area (Å²) < 4.78 is 10.4. The van der Waals surface area contributed by atoms with Gasteiger partial charge in [-0.25, -0.2) is 9.78 Å². The van der Waals surface area contributed by atoms with Gasteiger partial charge in [0, 0.05) is 17.2 Å². The van der Waals surface area contributed by atoms with Gasteiger partial charge >= 0.3 is 5.97 Å². The number of ether oxygens (including phenoxy) is 1. The van der Waals surface area contributed by atoms with Gasteiger partial charge in [-0.15, -0.1) is 0 Å². The average Bonchev–Trinajstić information content (AvgIpc) is 3.08. The average molecular weight is 385 g/mol. The Balaban J connectivity index is 1.48. The van der Waals surface area contributed by atoms with Gasteiger partial charge in [0.05, 0.1) is 6.04 Å². The van der Waals surface area contributed by atoms with Gasteiger partial charge in [-0.1, -0.05) is 35.9 Å². The quantitative estimate of drug-likeness (QED) is 0.514. The number of fused-ring (bicyclic) bond motifs is 1. The highest BCUT2D eigenvalue weighted by Crippen LogP contribution is 2.16. The standard InChI is InChI=1S/C20H17ClN2O4/c1-13(14-6-8-15(21)9-7-14)22-18(24)12-26-20(25)11-10-19-23-16-4-2-3-5-17(16)27-19/h2-11,13H,12H2,1H3,(H,22,24)/b11-10+/t13-/m0/s1. The Morgan fingerprint density at radius 2 is 1.96 bits per heavy atom. The lowest BCUT2D eigenvalue weighted by Gasteiger charge is -2.14. The van der Waals surface area contributed by atoms with Crippen LogP contribution in [0.15, 0.2) is 59.0 Å². The lowest BCUT2D eigenvalue weighted by atomic mass is 10.1. The molecule has 0 fully saturated rings. The van der Waals surface area contributed by atoms with Crippen LogP contribution in [0.25, 0.3) is 17.2 Å². The normalized spacial score (nSPS) is 12.2. The van der Waals surface area contributed by atoms with E-state index in [1.165, 1.54) is 12.2 Å². The SMILES string of the molecule is C[C@H](NC(=O)COC(=O)/C=C/c1nc2ccccc2o1)c1ccc(Cl)cc1. The molecule has 1 N–H and O–H groups in total. The summed E-state index contributed by atoms with van der Waals surface area (Å²) in [4.78, 5) is 27.9. The van der Waals surface area contributed by atoms with Crippen LogP contribution in [0.2, 0.25) is 5.02 Å². The number of benzene rings is 2. The number of nitrogens with one attached hydrogen (secondary N) is 1. The number of carbonyl (C=O) groups excluding carboxylic acids is 2. The number of nitrogens with zero attached hydrogens (tertiary/aromatic N) is 1. The van der Waals surface area contributed by atoms with Crippen LogP contribution in [0, 0.1) is 0 Å². The van der Waals surface area contributed by atoms with E-state index in [0.717, 1.165) is 5.56 Å². The fourth-order valence-corrected chi connectivity index (χ4v) is 2.53. The Hall–Kier alpha value is -3.12. The number of amides is 1. The molecule has 7 heteroatoms. The number of halogens is 1. The van der Waals surface area contributed by atoms with Gasteiger partial charge < -0.3 is 14.5 Å². The second kappa shape index (κ2) is 8.51. The zero-order chi connectivity index (χ0) is 19.2. The third-order valence-electron chi connectivity index (χ3n) is 3.77. The molecule has 27 heavy (non-hydrogen) atoms. The van der Waals surface area contributed by atoms with Gasteiger partial charge in [-0.3, -0.25) is 4.79 Å². The minimum absolute atomic E-state index is 0.233. The summed E-state index contributed by atoms with van der Waals surface area (Å²) >= 11 is 5.84. The Kier molecular flexibility index (Phi) is 5.88. The number of carbonyl (C=O) groups is 2. The van der Waals surface area contributed by atoms with Gasteiger partial charge in [-0.2, -0.15) is 0 Å². The van der Waals surface area contributed by atoms with Crippen LogP contribution < -0.4 is 5.32 Å². The number of esters is 1. The zero-order valence-corrected chi connectivity index (χ0v) is 15.3. The molecule has 1 heterocycles. The maximum Gasteiger partial charge on any atom is 0.331 e. The fourth-order valence-electron chi connectivity index (χ4n) is 2.40. The number of rotatable bonds is 6. The monoisotopic (exact) mass is 384 g/mol. The van der Waals surface area contributed by atoms with Crippen LogP contribution in [-0.2, 0) is 14.3 Å². The molecular weight excluding hydrogens is 368 g/mol. The Bertz CT molecular complexity index is 946. The molecule has 0 saturated heterocycles. The molecular formula is C20H17ClN2O4. The first-order valence-corrected chi connectivity index (χ1v) is 8.64. The Morgan fingerprint density at radius 3 is 2.70 bits per heavy atom. The first-order chi connectivity index (χ1) is 13.0. The van der Waals surface area contributed by atoms with Gasteiger partial charge in [0.2, 0.25) is 5.89 Å². The number of aromatic nitrogens is 1. The first kappa shape index (κ1) is 18.7. The van der Waals surface area contributed by atoms with Crippen molar-refractivity contribution in [3.05, 3.63) is 71.1 Å². The van der Waals surface area contributed by atoms with Crippen LogP contribution in [0.5, 0.6) is 0 Å². The fraction of sp³-hybridized carbons (Fsp3) is 0.150. The van der Waals surface area contributed by atoms with Crippen molar-refractivity contribution >= 4 is 40.7 Å². The van der Waals surface area contributed by atoms with E-state index in [1.807, 2.05) is 31.2 Å². The number of hydrogen-bond acceptors (Lipinski definition) is 5. The van der Waals surface area contributed by atoms with Crippen molar-refractivity contribution in [2.75, 3.05) is 6.61 Å². The van der Waals surface area contributed by atoms with E-state index in [0.29, 0.717) is 16.1 Å². The van der Waals surface area contributed by atoms with Crippen LogP contribution in [-0.4, -0.2) is 23.5 Å². The van der Waals surface area contributed by atoms with Crippen LogP contribution in [0.3, 0.4) is 0 Å². The van der Waals surface area contributed by atoms with Crippen molar-refractivity contribution in [2.45, 2.75) is 13.0 Å². The van der Waals surface area contributed by atoms with E-state index in [2.05, 4.69) is 10.3 Å². The second-order valence-electron chi connectivity index (χ2n) is 5.80. The highest BCUT2D eigenvalue weighted by molar-refractivity contribution is 6.30. The van der Waals surface area contributed by atoms with Gasteiger partial charge in [0.1, 0.15) is 5.52 Å². The van der Waals surface area contributed by atoms with Crippen LogP contribution in [0.4, 0.5) is 0 Å². The lowest BCUT2D eigenvalue weighted by molar-refractivity contribution is -0.144. The molecule has 0 saturated carbocycles. The smallest absolute Gasteiger partial charge is 0.331 e. The van der Waals surface area contributed by atoms with Crippen molar-refractivity contribution in [1.29, 1.82) is 0 Å². The van der Waals surface area contributed by atoms with E-state index in [-0.39, 0.29) is 18.5 Å². The second-order valence-corrected chi connectivity index (χ2v) is 6.24. The molecule has 3 rings (SSSR count). The third kappa shape index (κ3) is 5.18. The highest BCUT2D eigenvalue weighted by atomic mass is 35.5. The van der Waals surface area contributed by atoms with Crippen molar-refractivity contribution in [3.8, 4) is 0 Å². The molecule has 0 aliphatic heterocycles. The summed E-state index contributed by atoms with van der Waals surface area (Å²) in [6.45, 7) is 1.45. The van der Waals surface area contributed by atoms with E-state index < -0.39 is 11.9 Å². The Morgan fingerprint density at radius 1 is 1.22 bits per heavy atom. The predicted octanol–water partition coefficient (Wildman–Crippen LogP) is 3.92. The molecule has 3 aromatic rings. The van der Waals surface area contributed by atoms with Crippen molar-refractivity contribution < 1.29 is 18.7 Å². The van der Waals surface area contributed by atoms with Crippen molar-refractivity contribution in [1.82, 2.24) is 10.3 Å².